The maximum absolute atomic E-state index is 5.10. The number of ether oxygens (including phenoxy) is 3. The van der Waals surface area contributed by atoms with Gasteiger partial charge in [-0.2, -0.15) is 0 Å². The molecule has 0 radical (unpaired) electrons. The van der Waals surface area contributed by atoms with E-state index in [0.717, 1.165) is 13.2 Å². The fraction of sp³-hybridized carbons (Fsp3) is 1.00. The van der Waals surface area contributed by atoms with E-state index in [4.69, 9.17) is 9.47 Å². The maximum atomic E-state index is 5.10. The van der Waals surface area contributed by atoms with Crippen LogP contribution in [0.25, 0.3) is 0 Å². The summed E-state index contributed by atoms with van der Waals surface area (Å²) in [6, 6.07) is 0. The molecule has 72 valence electrons. The van der Waals surface area contributed by atoms with Crippen LogP contribution in [0, 0.1) is 5.92 Å². The Morgan fingerprint density at radius 1 is 1.25 bits per heavy atom. The zero-order valence-corrected chi connectivity index (χ0v) is 7.15. The van der Waals surface area contributed by atoms with E-state index in [2.05, 4.69) is 14.5 Å². The molecule has 0 aromatic carbocycles. The van der Waals surface area contributed by atoms with E-state index >= 15 is 0 Å². The van der Waals surface area contributed by atoms with Crippen molar-refractivity contribution in [2.24, 2.45) is 5.92 Å². The predicted molar refractivity (Wildman–Crippen MR) is 39.2 cm³/mol. The molecular formula is C7H14O5. The highest BCUT2D eigenvalue weighted by atomic mass is 17.2. The predicted octanol–water partition coefficient (Wildman–Crippen LogP) is 0.159. The van der Waals surface area contributed by atoms with Crippen LogP contribution in [-0.4, -0.2) is 40.5 Å². The summed E-state index contributed by atoms with van der Waals surface area (Å²) in [6.07, 6.45) is 0. The van der Waals surface area contributed by atoms with Crippen LogP contribution in [-0.2, 0) is 24.0 Å². The third-order valence-electron chi connectivity index (χ3n) is 1.44. The molecule has 0 aliphatic carbocycles. The molecular weight excluding hydrogens is 164 g/mol. The fourth-order valence-corrected chi connectivity index (χ4v) is 0.746. The number of hydrogen-bond acceptors (Lipinski definition) is 5. The van der Waals surface area contributed by atoms with Crippen molar-refractivity contribution in [1.29, 1.82) is 0 Å². The summed E-state index contributed by atoms with van der Waals surface area (Å²) >= 11 is 0. The van der Waals surface area contributed by atoms with Crippen molar-refractivity contribution < 1.29 is 24.0 Å². The molecule has 1 rings (SSSR count). The largest absolute Gasteiger partial charge is 0.381 e. The molecule has 0 aromatic heterocycles. The average Bonchev–Trinajstić information content (AvgIpc) is 2.00. The lowest BCUT2D eigenvalue weighted by Gasteiger charge is -2.25. The van der Waals surface area contributed by atoms with Gasteiger partial charge in [-0.05, 0) is 0 Å². The molecule has 5 nitrogen and oxygen atoms in total. The smallest absolute Gasteiger partial charge is 0.180 e. The summed E-state index contributed by atoms with van der Waals surface area (Å²) in [5, 5.41) is 0. The molecule has 1 aliphatic rings. The minimum Gasteiger partial charge on any atom is -0.381 e. The molecule has 0 spiro atoms. The molecule has 0 amide bonds. The van der Waals surface area contributed by atoms with Gasteiger partial charge in [0, 0.05) is 13.0 Å². The Labute approximate surface area is 71.4 Å². The molecule has 0 saturated carbocycles. The van der Waals surface area contributed by atoms with Crippen LogP contribution in [0.2, 0.25) is 0 Å². The van der Waals surface area contributed by atoms with Crippen LogP contribution in [0.1, 0.15) is 0 Å². The highest BCUT2D eigenvalue weighted by Crippen LogP contribution is 2.09. The Balaban J connectivity index is 1.70. The third kappa shape index (κ3) is 3.99. The maximum Gasteiger partial charge on any atom is 0.180 e. The lowest BCUT2D eigenvalue weighted by atomic mass is 10.1. The molecule has 0 N–H and O–H groups in total. The van der Waals surface area contributed by atoms with Gasteiger partial charge in [-0.25, -0.2) is 9.78 Å². The molecule has 12 heavy (non-hydrogen) atoms. The van der Waals surface area contributed by atoms with E-state index in [9.17, 15) is 0 Å². The van der Waals surface area contributed by atoms with Crippen LogP contribution in [0.5, 0.6) is 0 Å². The van der Waals surface area contributed by atoms with Gasteiger partial charge < -0.3 is 14.2 Å². The summed E-state index contributed by atoms with van der Waals surface area (Å²) < 4.78 is 14.6. The van der Waals surface area contributed by atoms with Gasteiger partial charge in [-0.15, -0.1) is 0 Å². The fourth-order valence-electron chi connectivity index (χ4n) is 0.746. The second-order valence-corrected chi connectivity index (χ2v) is 2.53. The Kier molecular flexibility index (Phi) is 5.21. The van der Waals surface area contributed by atoms with Crippen molar-refractivity contribution in [3.63, 3.8) is 0 Å². The van der Waals surface area contributed by atoms with Crippen molar-refractivity contribution in [1.82, 2.24) is 0 Å². The van der Waals surface area contributed by atoms with Crippen molar-refractivity contribution in [2.45, 2.75) is 0 Å². The SMILES string of the molecule is COCOOCOCC1COC1. The molecule has 1 fully saturated rings. The highest BCUT2D eigenvalue weighted by Gasteiger charge is 2.17. The molecule has 0 aromatic rings. The summed E-state index contributed by atoms with van der Waals surface area (Å²) in [5.41, 5.74) is 0. The molecule has 5 heteroatoms. The van der Waals surface area contributed by atoms with E-state index in [1.54, 1.807) is 0 Å². The molecule has 1 aliphatic heterocycles. The van der Waals surface area contributed by atoms with Gasteiger partial charge in [-0.1, -0.05) is 0 Å². The Hall–Kier alpha value is -0.200. The number of hydrogen-bond donors (Lipinski definition) is 0. The van der Waals surface area contributed by atoms with Crippen molar-refractivity contribution in [3.05, 3.63) is 0 Å². The summed E-state index contributed by atoms with van der Waals surface area (Å²) in [4.78, 5) is 9.14. The molecule has 0 unspecified atom stereocenters. The molecule has 1 heterocycles. The van der Waals surface area contributed by atoms with Gasteiger partial charge >= 0.3 is 0 Å². The first-order valence-electron chi connectivity index (χ1n) is 3.82. The number of methoxy groups -OCH3 is 1. The van der Waals surface area contributed by atoms with E-state index in [-0.39, 0.29) is 13.6 Å². The quantitative estimate of drug-likeness (QED) is 0.240. The minimum atomic E-state index is 0.121. The topological polar surface area (TPSA) is 46.2 Å². The van der Waals surface area contributed by atoms with Crippen LogP contribution in [0.15, 0.2) is 0 Å². The van der Waals surface area contributed by atoms with Gasteiger partial charge in [0.25, 0.3) is 0 Å². The summed E-state index contributed by atoms with van der Waals surface area (Å²) in [5.74, 6) is 0.524. The Morgan fingerprint density at radius 3 is 2.58 bits per heavy atom. The lowest BCUT2D eigenvalue weighted by Crippen LogP contribution is -2.31. The first-order chi connectivity index (χ1) is 5.93. The normalized spacial score (nSPS) is 17.8. The van der Waals surface area contributed by atoms with E-state index in [1.807, 2.05) is 0 Å². The second kappa shape index (κ2) is 6.33. The van der Waals surface area contributed by atoms with E-state index in [0.29, 0.717) is 12.5 Å². The Morgan fingerprint density at radius 2 is 2.00 bits per heavy atom. The monoisotopic (exact) mass is 178 g/mol. The van der Waals surface area contributed by atoms with Crippen LogP contribution >= 0.6 is 0 Å². The van der Waals surface area contributed by atoms with Crippen LogP contribution < -0.4 is 0 Å². The van der Waals surface area contributed by atoms with Crippen LogP contribution in [0.4, 0.5) is 0 Å². The second-order valence-electron chi connectivity index (χ2n) is 2.53. The van der Waals surface area contributed by atoms with Gasteiger partial charge in [0.2, 0.25) is 0 Å². The van der Waals surface area contributed by atoms with Crippen LogP contribution in [0.3, 0.4) is 0 Å². The van der Waals surface area contributed by atoms with Crippen molar-refractivity contribution in [3.8, 4) is 0 Å². The highest BCUT2D eigenvalue weighted by molar-refractivity contribution is 4.63. The standard InChI is InChI=1S/C7H14O5/c1-8-5-11-12-6-10-4-7-2-9-3-7/h7H,2-6H2,1H3. The first-order valence-corrected chi connectivity index (χ1v) is 3.82. The van der Waals surface area contributed by atoms with Gasteiger partial charge in [0.1, 0.15) is 0 Å². The van der Waals surface area contributed by atoms with Gasteiger partial charge in [-0.3, -0.25) is 0 Å². The average molecular weight is 178 g/mol. The van der Waals surface area contributed by atoms with Gasteiger partial charge in [0.05, 0.1) is 19.8 Å². The minimum absolute atomic E-state index is 0.121. The third-order valence-corrected chi connectivity index (χ3v) is 1.44. The van der Waals surface area contributed by atoms with Gasteiger partial charge in [0.15, 0.2) is 13.6 Å². The first kappa shape index (κ1) is 9.88. The van der Waals surface area contributed by atoms with Crippen molar-refractivity contribution in [2.75, 3.05) is 40.5 Å². The molecule has 0 bridgehead atoms. The van der Waals surface area contributed by atoms with Crippen molar-refractivity contribution >= 4 is 0 Å². The zero-order chi connectivity index (χ0) is 8.65. The molecule has 1 saturated heterocycles. The summed E-state index contributed by atoms with van der Waals surface area (Å²) in [7, 11) is 1.52. The lowest BCUT2D eigenvalue weighted by molar-refractivity contribution is -0.368. The summed E-state index contributed by atoms with van der Waals surface area (Å²) in [6.45, 7) is 2.50. The zero-order valence-electron chi connectivity index (χ0n) is 7.15. The number of rotatable bonds is 7. The van der Waals surface area contributed by atoms with E-state index < -0.39 is 0 Å². The van der Waals surface area contributed by atoms with E-state index in [1.165, 1.54) is 7.11 Å². The molecule has 0 atom stereocenters. The Bertz CT molecular complexity index is 104.